The standard InChI is InChI=1S/C19H18N4O/c1-3-18(24)17-6-11(2)14(9-22-17)16-7-12-8-23-19-13(4-5-20-19)15(12)10-21-16/h4-10,18,21,24H,3H2,1-2H3/t18-/m1/s1. The maximum Gasteiger partial charge on any atom is 0.159 e. The Kier molecular flexibility index (Phi) is 3.50. The molecule has 24 heavy (non-hydrogen) atoms. The molecule has 4 aromatic rings. The lowest BCUT2D eigenvalue weighted by Gasteiger charge is -2.12. The summed E-state index contributed by atoms with van der Waals surface area (Å²) in [5, 5.41) is 13.2. The van der Waals surface area contributed by atoms with Crippen LogP contribution in [-0.2, 0) is 0 Å². The van der Waals surface area contributed by atoms with Gasteiger partial charge >= 0.3 is 0 Å². The maximum absolute atomic E-state index is 9.95. The van der Waals surface area contributed by atoms with Crippen molar-refractivity contribution in [1.82, 2.24) is 19.9 Å². The zero-order valence-corrected chi connectivity index (χ0v) is 13.6. The van der Waals surface area contributed by atoms with Crippen LogP contribution in [0.5, 0.6) is 0 Å². The van der Waals surface area contributed by atoms with Crippen molar-refractivity contribution < 1.29 is 5.11 Å². The van der Waals surface area contributed by atoms with Crippen LogP contribution in [0.3, 0.4) is 0 Å². The summed E-state index contributed by atoms with van der Waals surface area (Å²) in [6, 6.07) is 6.00. The minimum Gasteiger partial charge on any atom is -0.387 e. The van der Waals surface area contributed by atoms with E-state index in [1.54, 1.807) is 6.20 Å². The van der Waals surface area contributed by atoms with E-state index in [2.05, 4.69) is 26.0 Å². The molecule has 2 N–H and O–H groups in total. The summed E-state index contributed by atoms with van der Waals surface area (Å²) in [6.45, 7) is 3.97. The molecule has 4 aromatic heterocycles. The van der Waals surface area contributed by atoms with Crippen molar-refractivity contribution in [3.63, 3.8) is 0 Å². The van der Waals surface area contributed by atoms with Crippen LogP contribution in [0.1, 0.15) is 30.7 Å². The molecule has 0 fully saturated rings. The molecule has 1 atom stereocenters. The van der Waals surface area contributed by atoms with Crippen LogP contribution in [0.4, 0.5) is 0 Å². The zero-order chi connectivity index (χ0) is 16.7. The van der Waals surface area contributed by atoms with Crippen LogP contribution >= 0.6 is 0 Å². The number of pyridine rings is 3. The highest BCUT2D eigenvalue weighted by Crippen LogP contribution is 2.28. The monoisotopic (exact) mass is 318 g/mol. The Morgan fingerprint density at radius 3 is 2.79 bits per heavy atom. The van der Waals surface area contributed by atoms with Crippen molar-refractivity contribution in [3.05, 3.63) is 54.2 Å². The molecule has 0 aromatic carbocycles. The summed E-state index contributed by atoms with van der Waals surface area (Å²) in [6.07, 6.45) is 7.57. The van der Waals surface area contributed by atoms with Crippen LogP contribution in [0, 0.1) is 6.92 Å². The first-order valence-electron chi connectivity index (χ1n) is 8.04. The van der Waals surface area contributed by atoms with Crippen molar-refractivity contribution in [2.45, 2.75) is 26.4 Å². The third-order valence-corrected chi connectivity index (χ3v) is 4.43. The second-order valence-corrected chi connectivity index (χ2v) is 6.00. The highest BCUT2D eigenvalue weighted by Gasteiger charge is 2.11. The molecule has 0 radical (unpaired) electrons. The summed E-state index contributed by atoms with van der Waals surface area (Å²) in [5.41, 5.74) is 4.55. The van der Waals surface area contributed by atoms with Crippen LogP contribution in [0.25, 0.3) is 33.1 Å². The number of aromatic amines is 1. The van der Waals surface area contributed by atoms with Crippen LogP contribution < -0.4 is 0 Å². The van der Waals surface area contributed by atoms with Gasteiger partial charge in [0.05, 0.1) is 11.8 Å². The molecule has 5 heteroatoms. The summed E-state index contributed by atoms with van der Waals surface area (Å²) in [5.74, 6) is 0. The summed E-state index contributed by atoms with van der Waals surface area (Å²) in [4.78, 5) is 16.4. The Bertz CT molecular complexity index is 1040. The molecule has 4 rings (SSSR count). The predicted octanol–water partition coefficient (Wildman–Crippen LogP) is 3.92. The molecule has 0 spiro atoms. The number of hydrogen-bond acceptors (Lipinski definition) is 4. The number of aliphatic hydroxyl groups excluding tert-OH is 1. The van der Waals surface area contributed by atoms with Gasteiger partial charge in [-0.2, -0.15) is 0 Å². The summed E-state index contributed by atoms with van der Waals surface area (Å²) in [7, 11) is 0. The number of hydrogen-bond donors (Lipinski definition) is 2. The maximum atomic E-state index is 9.95. The van der Waals surface area contributed by atoms with Gasteiger partial charge in [-0.3, -0.25) is 4.98 Å². The summed E-state index contributed by atoms with van der Waals surface area (Å²) >= 11 is 0. The van der Waals surface area contributed by atoms with Crippen LogP contribution in [0.2, 0.25) is 0 Å². The largest absolute Gasteiger partial charge is 0.387 e. The van der Waals surface area contributed by atoms with Gasteiger partial charge in [-0.15, -0.1) is 0 Å². The zero-order valence-electron chi connectivity index (χ0n) is 13.6. The Hall–Kier alpha value is -2.79. The number of nitrogens with zero attached hydrogens (tertiary/aromatic N) is 3. The lowest BCUT2D eigenvalue weighted by atomic mass is 10.0. The van der Waals surface area contributed by atoms with Gasteiger partial charge in [0.15, 0.2) is 5.65 Å². The first-order valence-corrected chi connectivity index (χ1v) is 8.04. The Balaban J connectivity index is 1.83. The van der Waals surface area contributed by atoms with Crippen molar-refractivity contribution in [3.8, 4) is 11.3 Å². The minimum atomic E-state index is -0.513. The van der Waals surface area contributed by atoms with Gasteiger partial charge in [-0.25, -0.2) is 9.97 Å². The van der Waals surface area contributed by atoms with E-state index in [9.17, 15) is 5.11 Å². The number of aryl methyl sites for hydroxylation is 1. The number of fused-ring (bicyclic) bond motifs is 3. The fraction of sp³-hybridized carbons (Fsp3) is 0.211. The topological polar surface area (TPSA) is 74.7 Å². The van der Waals surface area contributed by atoms with Crippen molar-refractivity contribution in [2.75, 3.05) is 0 Å². The molecule has 120 valence electrons. The van der Waals surface area contributed by atoms with Gasteiger partial charge in [0, 0.05) is 52.2 Å². The van der Waals surface area contributed by atoms with Gasteiger partial charge < -0.3 is 10.1 Å². The highest BCUT2D eigenvalue weighted by molar-refractivity contribution is 6.04. The fourth-order valence-electron chi connectivity index (χ4n) is 3.03. The fourth-order valence-corrected chi connectivity index (χ4v) is 3.03. The number of nitrogens with one attached hydrogen (secondary N) is 1. The lowest BCUT2D eigenvalue weighted by molar-refractivity contribution is 0.169. The number of H-pyrrole nitrogens is 1. The third kappa shape index (κ3) is 2.34. The number of aliphatic hydroxyl groups is 1. The first kappa shape index (κ1) is 14.8. The van der Waals surface area contributed by atoms with E-state index >= 15 is 0 Å². The minimum absolute atomic E-state index is 0.513. The number of aromatic nitrogens is 4. The smallest absolute Gasteiger partial charge is 0.159 e. The molecule has 5 nitrogen and oxygen atoms in total. The molecule has 0 unspecified atom stereocenters. The Morgan fingerprint density at radius 1 is 1.12 bits per heavy atom. The highest BCUT2D eigenvalue weighted by atomic mass is 16.3. The van der Waals surface area contributed by atoms with Crippen molar-refractivity contribution in [1.29, 1.82) is 0 Å². The molecule has 0 saturated heterocycles. The second-order valence-electron chi connectivity index (χ2n) is 6.00. The van der Waals surface area contributed by atoms with E-state index in [1.807, 2.05) is 44.6 Å². The van der Waals surface area contributed by atoms with Gasteiger partial charge in [-0.05, 0) is 37.1 Å². The van der Waals surface area contributed by atoms with Gasteiger partial charge in [0.1, 0.15) is 0 Å². The van der Waals surface area contributed by atoms with E-state index < -0.39 is 6.10 Å². The Labute approximate surface area is 139 Å². The molecular formula is C19H18N4O. The molecule has 0 bridgehead atoms. The third-order valence-electron chi connectivity index (χ3n) is 4.43. The van der Waals surface area contributed by atoms with Crippen molar-refractivity contribution >= 4 is 21.8 Å². The summed E-state index contributed by atoms with van der Waals surface area (Å²) < 4.78 is 0. The molecule has 0 aliphatic carbocycles. The molecule has 4 heterocycles. The van der Waals surface area contributed by atoms with Gasteiger partial charge in [-0.1, -0.05) is 6.92 Å². The van der Waals surface area contributed by atoms with E-state index in [4.69, 9.17) is 0 Å². The first-order chi connectivity index (χ1) is 11.7. The van der Waals surface area contributed by atoms with Gasteiger partial charge in [0.25, 0.3) is 0 Å². The Morgan fingerprint density at radius 2 is 2.00 bits per heavy atom. The van der Waals surface area contributed by atoms with E-state index in [0.717, 1.165) is 38.6 Å². The predicted molar refractivity (Wildman–Crippen MR) is 94.6 cm³/mol. The molecular weight excluding hydrogens is 300 g/mol. The van der Waals surface area contributed by atoms with E-state index in [1.165, 1.54) is 0 Å². The van der Waals surface area contributed by atoms with Crippen LogP contribution in [0.15, 0.2) is 43.0 Å². The SMILES string of the molecule is CC[C@@H](O)c1cc(C)c(-c2cc3cnc4nccc4c3c[nH]2)cn1. The van der Waals surface area contributed by atoms with E-state index in [0.29, 0.717) is 12.1 Å². The van der Waals surface area contributed by atoms with Gasteiger partial charge in [0.2, 0.25) is 0 Å². The average molecular weight is 318 g/mol. The molecule has 0 amide bonds. The van der Waals surface area contributed by atoms with Crippen molar-refractivity contribution in [2.24, 2.45) is 0 Å². The molecule has 0 saturated carbocycles. The van der Waals surface area contributed by atoms with Crippen LogP contribution in [-0.4, -0.2) is 25.0 Å². The number of rotatable bonds is 3. The normalized spacial score (nSPS) is 12.8. The second kappa shape index (κ2) is 5.69. The quantitative estimate of drug-likeness (QED) is 0.600. The molecule has 0 aliphatic heterocycles. The van der Waals surface area contributed by atoms with E-state index in [-0.39, 0.29) is 0 Å². The lowest BCUT2D eigenvalue weighted by Crippen LogP contribution is -2.00. The average Bonchev–Trinajstić information content (AvgIpc) is 3.09. The molecule has 0 aliphatic rings.